The van der Waals surface area contributed by atoms with Crippen LogP contribution in [0.5, 0.6) is 0 Å². The maximum atomic E-state index is 5.49. The molecule has 1 heterocycles. The van der Waals surface area contributed by atoms with Crippen LogP contribution in [0.15, 0.2) is 42.3 Å². The van der Waals surface area contributed by atoms with E-state index in [9.17, 15) is 0 Å². The van der Waals surface area contributed by atoms with E-state index in [4.69, 9.17) is 4.84 Å². The third-order valence-corrected chi connectivity index (χ3v) is 3.37. The Kier molecular flexibility index (Phi) is 5.24. The van der Waals surface area contributed by atoms with Crippen LogP contribution in [0.4, 0.5) is 5.69 Å². The maximum absolute atomic E-state index is 5.49. The predicted molar refractivity (Wildman–Crippen MR) is 78.2 cm³/mol. The first-order valence-electron chi connectivity index (χ1n) is 7.03. The Morgan fingerprint density at radius 1 is 1.16 bits per heavy atom. The molecular weight excluding hydrogens is 238 g/mol. The molecule has 104 valence electrons. The third-order valence-electron chi connectivity index (χ3n) is 3.37. The highest BCUT2D eigenvalue weighted by Crippen LogP contribution is 2.19. The molecule has 19 heavy (non-hydrogen) atoms. The van der Waals surface area contributed by atoms with Gasteiger partial charge in [0, 0.05) is 6.42 Å². The number of rotatable bonds is 7. The summed E-state index contributed by atoms with van der Waals surface area (Å²) in [4.78, 5) is 7.92. The average Bonchev–Trinajstić information content (AvgIpc) is 2.93. The second-order valence-corrected chi connectivity index (χ2v) is 4.62. The molecule has 1 aliphatic rings. The Labute approximate surface area is 115 Å². The predicted octanol–water partition coefficient (Wildman–Crippen LogP) is 2.91. The summed E-state index contributed by atoms with van der Waals surface area (Å²) in [5.74, 6) is 0.996. The van der Waals surface area contributed by atoms with Crippen molar-refractivity contribution in [3.8, 4) is 0 Å². The highest BCUT2D eigenvalue weighted by molar-refractivity contribution is 5.48. The van der Waals surface area contributed by atoms with Crippen LogP contribution in [0.25, 0.3) is 0 Å². The molecule has 4 nitrogen and oxygen atoms in total. The SMILES string of the molecule is CCN(CC)CCCC1=CN(c2ccccc2)NO1. The highest BCUT2D eigenvalue weighted by Gasteiger charge is 2.14. The van der Waals surface area contributed by atoms with Gasteiger partial charge in [0.15, 0.2) is 0 Å². The van der Waals surface area contributed by atoms with Gasteiger partial charge in [-0.3, -0.25) is 0 Å². The number of benzene rings is 1. The van der Waals surface area contributed by atoms with Gasteiger partial charge in [0.2, 0.25) is 0 Å². The van der Waals surface area contributed by atoms with Gasteiger partial charge in [-0.25, -0.2) is 5.01 Å². The lowest BCUT2D eigenvalue weighted by molar-refractivity contribution is 0.122. The number of hydrazine groups is 1. The van der Waals surface area contributed by atoms with Gasteiger partial charge in [0.05, 0.1) is 11.9 Å². The Morgan fingerprint density at radius 2 is 1.89 bits per heavy atom. The highest BCUT2D eigenvalue weighted by atomic mass is 16.7. The summed E-state index contributed by atoms with van der Waals surface area (Å²) in [5, 5.41) is 1.91. The summed E-state index contributed by atoms with van der Waals surface area (Å²) < 4.78 is 0. The quantitative estimate of drug-likeness (QED) is 0.817. The van der Waals surface area contributed by atoms with Crippen LogP contribution in [0.2, 0.25) is 0 Å². The van der Waals surface area contributed by atoms with E-state index >= 15 is 0 Å². The molecule has 0 fully saturated rings. The summed E-state index contributed by atoms with van der Waals surface area (Å²) in [5.41, 5.74) is 4.00. The Morgan fingerprint density at radius 3 is 2.58 bits per heavy atom. The van der Waals surface area contributed by atoms with Crippen molar-refractivity contribution in [2.75, 3.05) is 24.6 Å². The zero-order chi connectivity index (χ0) is 13.5. The summed E-state index contributed by atoms with van der Waals surface area (Å²) in [6.45, 7) is 7.76. The molecule has 1 aromatic carbocycles. The monoisotopic (exact) mass is 261 g/mol. The fraction of sp³-hybridized carbons (Fsp3) is 0.467. The third kappa shape index (κ3) is 3.98. The number of nitrogens with one attached hydrogen (secondary N) is 1. The molecule has 0 unspecified atom stereocenters. The van der Waals surface area contributed by atoms with Gasteiger partial charge in [-0.15, -0.1) is 0 Å². The molecule has 0 amide bonds. The van der Waals surface area contributed by atoms with Crippen LogP contribution < -0.4 is 10.6 Å². The van der Waals surface area contributed by atoms with Crippen LogP contribution >= 0.6 is 0 Å². The fourth-order valence-electron chi connectivity index (χ4n) is 2.15. The lowest BCUT2D eigenvalue weighted by atomic mass is 10.2. The van der Waals surface area contributed by atoms with Gasteiger partial charge >= 0.3 is 0 Å². The van der Waals surface area contributed by atoms with E-state index in [2.05, 4.69) is 24.3 Å². The first kappa shape index (κ1) is 13.9. The second-order valence-electron chi connectivity index (χ2n) is 4.62. The molecule has 0 bridgehead atoms. The number of anilines is 1. The average molecular weight is 261 g/mol. The Balaban J connectivity index is 1.80. The van der Waals surface area contributed by atoms with E-state index in [-0.39, 0.29) is 0 Å². The topological polar surface area (TPSA) is 27.7 Å². The minimum atomic E-state index is 0.965. The van der Waals surface area contributed by atoms with Crippen LogP contribution in [-0.4, -0.2) is 24.5 Å². The first-order valence-corrected chi connectivity index (χ1v) is 7.03. The summed E-state index contributed by atoms with van der Waals surface area (Å²) >= 11 is 0. The van der Waals surface area contributed by atoms with Gasteiger partial charge in [0.25, 0.3) is 0 Å². The smallest absolute Gasteiger partial charge is 0.144 e. The lowest BCUT2D eigenvalue weighted by Crippen LogP contribution is -2.26. The van der Waals surface area contributed by atoms with Crippen LogP contribution in [0.1, 0.15) is 26.7 Å². The molecule has 4 heteroatoms. The molecule has 1 aromatic rings. The summed E-state index contributed by atoms with van der Waals surface area (Å²) in [6.07, 6.45) is 4.11. The molecule has 0 spiro atoms. The van der Waals surface area contributed by atoms with Crippen molar-refractivity contribution < 1.29 is 4.84 Å². The van der Waals surface area contributed by atoms with E-state index in [1.165, 1.54) is 0 Å². The zero-order valence-electron chi connectivity index (χ0n) is 11.8. The van der Waals surface area contributed by atoms with Crippen molar-refractivity contribution in [3.63, 3.8) is 0 Å². The van der Waals surface area contributed by atoms with E-state index in [0.717, 1.165) is 43.9 Å². The van der Waals surface area contributed by atoms with E-state index < -0.39 is 0 Å². The molecule has 0 atom stereocenters. The number of para-hydroxylation sites is 1. The molecular formula is C15H23N3O. The van der Waals surface area contributed by atoms with Crippen molar-refractivity contribution in [1.29, 1.82) is 0 Å². The number of nitrogens with zero attached hydrogens (tertiary/aromatic N) is 2. The molecule has 0 saturated heterocycles. The summed E-state index contributed by atoms with van der Waals surface area (Å²) in [6, 6.07) is 10.1. The van der Waals surface area contributed by atoms with Crippen molar-refractivity contribution >= 4 is 5.69 Å². The van der Waals surface area contributed by atoms with Crippen LogP contribution in [0, 0.1) is 0 Å². The molecule has 0 aliphatic carbocycles. The molecule has 2 rings (SSSR count). The van der Waals surface area contributed by atoms with Gasteiger partial charge in [0.1, 0.15) is 5.76 Å². The molecule has 1 N–H and O–H groups in total. The Hall–Kier alpha value is -1.52. The van der Waals surface area contributed by atoms with E-state index in [1.54, 1.807) is 0 Å². The molecule has 0 aromatic heterocycles. The van der Waals surface area contributed by atoms with Gasteiger partial charge in [-0.1, -0.05) is 37.6 Å². The standard InChI is InChI=1S/C15H23N3O/c1-3-17(4-2)12-8-11-15-13-18(16-19-15)14-9-6-5-7-10-14/h5-7,9-10,13,16H,3-4,8,11-12H2,1-2H3. The first-order chi connectivity index (χ1) is 9.33. The van der Waals surface area contributed by atoms with Crippen molar-refractivity contribution in [2.24, 2.45) is 0 Å². The second kappa shape index (κ2) is 7.16. The van der Waals surface area contributed by atoms with Crippen LogP contribution in [0.3, 0.4) is 0 Å². The summed E-state index contributed by atoms with van der Waals surface area (Å²) in [7, 11) is 0. The normalized spacial score (nSPS) is 14.7. The van der Waals surface area contributed by atoms with E-state index in [1.807, 2.05) is 41.5 Å². The van der Waals surface area contributed by atoms with Gasteiger partial charge in [-0.05, 0) is 38.2 Å². The minimum Gasteiger partial charge on any atom is -0.392 e. The lowest BCUT2D eigenvalue weighted by Gasteiger charge is -2.17. The number of allylic oxidation sites excluding steroid dienone is 1. The maximum Gasteiger partial charge on any atom is 0.144 e. The van der Waals surface area contributed by atoms with Crippen LogP contribution in [-0.2, 0) is 4.84 Å². The molecule has 0 saturated carbocycles. The van der Waals surface area contributed by atoms with Crippen molar-refractivity contribution in [3.05, 3.63) is 42.3 Å². The largest absolute Gasteiger partial charge is 0.392 e. The number of hydrogen-bond donors (Lipinski definition) is 1. The van der Waals surface area contributed by atoms with Gasteiger partial charge < -0.3 is 9.74 Å². The fourth-order valence-corrected chi connectivity index (χ4v) is 2.15. The zero-order valence-corrected chi connectivity index (χ0v) is 11.8. The van der Waals surface area contributed by atoms with Gasteiger partial charge in [-0.2, -0.15) is 0 Å². The molecule has 0 radical (unpaired) electrons. The molecule has 1 aliphatic heterocycles. The minimum absolute atomic E-state index is 0.965. The van der Waals surface area contributed by atoms with E-state index in [0.29, 0.717) is 0 Å². The number of hydrogen-bond acceptors (Lipinski definition) is 4. The Bertz CT molecular complexity index is 401. The van der Waals surface area contributed by atoms with Crippen molar-refractivity contribution in [1.82, 2.24) is 10.5 Å². The van der Waals surface area contributed by atoms with Crippen molar-refractivity contribution in [2.45, 2.75) is 26.7 Å².